The van der Waals surface area contributed by atoms with E-state index in [4.69, 9.17) is 4.74 Å². The van der Waals surface area contributed by atoms with Gasteiger partial charge in [-0.1, -0.05) is 6.92 Å². The van der Waals surface area contributed by atoms with Crippen molar-refractivity contribution in [2.45, 2.75) is 19.8 Å². The van der Waals surface area contributed by atoms with Crippen molar-refractivity contribution in [2.24, 2.45) is 5.41 Å². The third-order valence-corrected chi connectivity index (χ3v) is 3.53. The summed E-state index contributed by atoms with van der Waals surface area (Å²) >= 11 is 0. The average molecular weight is 281 g/mol. The van der Waals surface area contributed by atoms with Crippen LogP contribution in [0.15, 0.2) is 6.33 Å². The molecule has 2 rings (SSSR count). The zero-order chi connectivity index (χ0) is 14.6. The molecule has 1 fully saturated rings. The lowest BCUT2D eigenvalue weighted by atomic mass is 9.83. The standard InChI is InChI=1S/C12H19N5O3/c1-12(4-3-5-13-6-12)7-14-10-9(17(18)19)11(20-2)16-8-15-10/h8,13H,3-7H2,1-2H3,(H,14,15,16). The van der Waals surface area contributed by atoms with Gasteiger partial charge >= 0.3 is 5.69 Å². The van der Waals surface area contributed by atoms with Crippen LogP contribution in [0.4, 0.5) is 11.5 Å². The summed E-state index contributed by atoms with van der Waals surface area (Å²) in [5, 5.41) is 17.5. The molecule has 0 bridgehead atoms. The van der Waals surface area contributed by atoms with Crippen LogP contribution >= 0.6 is 0 Å². The van der Waals surface area contributed by atoms with E-state index in [1.54, 1.807) is 0 Å². The van der Waals surface area contributed by atoms with Gasteiger partial charge in [-0.05, 0) is 24.8 Å². The molecule has 0 spiro atoms. The minimum absolute atomic E-state index is 0.0283. The van der Waals surface area contributed by atoms with E-state index < -0.39 is 4.92 Å². The molecule has 1 aromatic rings. The number of hydrogen-bond donors (Lipinski definition) is 2. The number of nitro groups is 1. The molecule has 110 valence electrons. The zero-order valence-electron chi connectivity index (χ0n) is 11.7. The first kappa shape index (κ1) is 14.4. The molecule has 0 aliphatic carbocycles. The van der Waals surface area contributed by atoms with E-state index in [2.05, 4.69) is 27.5 Å². The molecule has 1 aliphatic heterocycles. The number of anilines is 1. The fourth-order valence-corrected chi connectivity index (χ4v) is 2.37. The monoisotopic (exact) mass is 281 g/mol. The number of piperidine rings is 1. The predicted octanol–water partition coefficient (Wildman–Crippen LogP) is 1.20. The molecule has 1 saturated heterocycles. The van der Waals surface area contributed by atoms with Crippen molar-refractivity contribution in [3.05, 3.63) is 16.4 Å². The van der Waals surface area contributed by atoms with Crippen LogP contribution in [0.25, 0.3) is 0 Å². The largest absolute Gasteiger partial charge is 0.476 e. The topological polar surface area (TPSA) is 102 Å². The van der Waals surface area contributed by atoms with Gasteiger partial charge in [0.25, 0.3) is 5.88 Å². The van der Waals surface area contributed by atoms with Gasteiger partial charge in [-0.15, -0.1) is 0 Å². The number of nitrogens with zero attached hydrogens (tertiary/aromatic N) is 3. The molecule has 8 heteroatoms. The van der Waals surface area contributed by atoms with Gasteiger partial charge in [-0.3, -0.25) is 10.1 Å². The first-order chi connectivity index (χ1) is 9.56. The van der Waals surface area contributed by atoms with E-state index in [1.165, 1.54) is 13.4 Å². The minimum Gasteiger partial charge on any atom is -0.476 e. The van der Waals surface area contributed by atoms with Crippen LogP contribution in [-0.4, -0.2) is 41.6 Å². The van der Waals surface area contributed by atoms with E-state index in [0.29, 0.717) is 6.54 Å². The highest BCUT2D eigenvalue weighted by Crippen LogP contribution is 2.32. The summed E-state index contributed by atoms with van der Waals surface area (Å²) in [6.07, 6.45) is 3.44. The second-order valence-corrected chi connectivity index (χ2v) is 5.28. The lowest BCUT2D eigenvalue weighted by Crippen LogP contribution is -2.42. The van der Waals surface area contributed by atoms with Crippen molar-refractivity contribution in [3.8, 4) is 5.88 Å². The van der Waals surface area contributed by atoms with Gasteiger partial charge in [-0.25, -0.2) is 4.98 Å². The van der Waals surface area contributed by atoms with Crippen molar-refractivity contribution in [1.82, 2.24) is 15.3 Å². The number of rotatable bonds is 5. The molecule has 0 saturated carbocycles. The summed E-state index contributed by atoms with van der Waals surface area (Å²) < 4.78 is 4.92. The van der Waals surface area contributed by atoms with Crippen molar-refractivity contribution in [2.75, 3.05) is 32.1 Å². The van der Waals surface area contributed by atoms with Crippen LogP contribution in [0.3, 0.4) is 0 Å². The Bertz CT molecular complexity index is 488. The maximum atomic E-state index is 11.1. The number of nitrogens with one attached hydrogen (secondary N) is 2. The second-order valence-electron chi connectivity index (χ2n) is 5.28. The van der Waals surface area contributed by atoms with Crippen LogP contribution < -0.4 is 15.4 Å². The van der Waals surface area contributed by atoms with E-state index in [1.807, 2.05) is 0 Å². The quantitative estimate of drug-likeness (QED) is 0.617. The second kappa shape index (κ2) is 6.00. The van der Waals surface area contributed by atoms with Gasteiger partial charge in [0.1, 0.15) is 6.33 Å². The van der Waals surface area contributed by atoms with Crippen LogP contribution in [0.1, 0.15) is 19.8 Å². The summed E-state index contributed by atoms with van der Waals surface area (Å²) in [4.78, 5) is 18.3. The van der Waals surface area contributed by atoms with E-state index in [0.717, 1.165) is 25.9 Å². The summed E-state index contributed by atoms with van der Waals surface area (Å²) in [5.41, 5.74) is -0.160. The summed E-state index contributed by atoms with van der Waals surface area (Å²) in [5.74, 6) is 0.174. The van der Waals surface area contributed by atoms with Gasteiger partial charge < -0.3 is 15.4 Å². The smallest absolute Gasteiger partial charge is 0.372 e. The van der Waals surface area contributed by atoms with E-state index in [-0.39, 0.29) is 22.8 Å². The van der Waals surface area contributed by atoms with Crippen LogP contribution in [0.2, 0.25) is 0 Å². The first-order valence-electron chi connectivity index (χ1n) is 6.54. The third kappa shape index (κ3) is 3.13. The average Bonchev–Trinajstić information content (AvgIpc) is 2.45. The van der Waals surface area contributed by atoms with Crippen molar-refractivity contribution in [1.29, 1.82) is 0 Å². The Kier molecular flexibility index (Phi) is 4.33. The van der Waals surface area contributed by atoms with Gasteiger partial charge in [0, 0.05) is 13.1 Å². The molecule has 20 heavy (non-hydrogen) atoms. The molecular formula is C12H19N5O3. The molecule has 2 N–H and O–H groups in total. The summed E-state index contributed by atoms with van der Waals surface area (Å²) in [6.45, 7) is 4.67. The van der Waals surface area contributed by atoms with Crippen molar-refractivity contribution >= 4 is 11.5 Å². The lowest BCUT2D eigenvalue weighted by molar-refractivity contribution is -0.385. The lowest BCUT2D eigenvalue weighted by Gasteiger charge is -2.34. The molecule has 0 radical (unpaired) electrons. The Morgan fingerprint density at radius 3 is 3.00 bits per heavy atom. The third-order valence-electron chi connectivity index (χ3n) is 3.53. The van der Waals surface area contributed by atoms with Crippen LogP contribution in [0, 0.1) is 15.5 Å². The predicted molar refractivity (Wildman–Crippen MR) is 73.9 cm³/mol. The molecule has 1 aliphatic rings. The van der Waals surface area contributed by atoms with E-state index in [9.17, 15) is 10.1 Å². The Balaban J connectivity index is 2.14. The van der Waals surface area contributed by atoms with Crippen molar-refractivity contribution < 1.29 is 9.66 Å². The molecule has 1 unspecified atom stereocenters. The van der Waals surface area contributed by atoms with Gasteiger partial charge in [0.05, 0.1) is 12.0 Å². The Morgan fingerprint density at radius 2 is 2.40 bits per heavy atom. The fraction of sp³-hybridized carbons (Fsp3) is 0.667. The molecule has 8 nitrogen and oxygen atoms in total. The maximum absolute atomic E-state index is 11.1. The first-order valence-corrected chi connectivity index (χ1v) is 6.54. The van der Waals surface area contributed by atoms with Crippen molar-refractivity contribution in [3.63, 3.8) is 0 Å². The minimum atomic E-state index is -0.525. The zero-order valence-corrected chi connectivity index (χ0v) is 11.7. The number of aromatic nitrogens is 2. The Labute approximate surface area is 117 Å². The molecule has 1 atom stereocenters. The molecule has 2 heterocycles. The van der Waals surface area contributed by atoms with Gasteiger partial charge in [0.2, 0.25) is 5.82 Å². The highest BCUT2D eigenvalue weighted by atomic mass is 16.6. The molecule has 1 aromatic heterocycles. The summed E-state index contributed by atoms with van der Waals surface area (Å²) in [6, 6.07) is 0. The van der Waals surface area contributed by atoms with Gasteiger partial charge in [-0.2, -0.15) is 4.98 Å². The van der Waals surface area contributed by atoms with E-state index >= 15 is 0 Å². The molecular weight excluding hydrogens is 262 g/mol. The Hall–Kier alpha value is -1.96. The van der Waals surface area contributed by atoms with Crippen LogP contribution in [0.5, 0.6) is 5.88 Å². The number of methoxy groups -OCH3 is 1. The number of hydrogen-bond acceptors (Lipinski definition) is 7. The van der Waals surface area contributed by atoms with Crippen LogP contribution in [-0.2, 0) is 0 Å². The fourth-order valence-electron chi connectivity index (χ4n) is 2.37. The normalized spacial score (nSPS) is 22.3. The van der Waals surface area contributed by atoms with Gasteiger partial charge in [0.15, 0.2) is 0 Å². The molecule has 0 amide bonds. The number of ether oxygens (including phenoxy) is 1. The summed E-state index contributed by atoms with van der Waals surface area (Å²) in [7, 11) is 1.35. The maximum Gasteiger partial charge on any atom is 0.372 e. The highest BCUT2D eigenvalue weighted by Gasteiger charge is 2.29. The SMILES string of the molecule is COc1ncnc(NCC2(C)CCCNC2)c1[N+](=O)[O-]. The molecule has 0 aromatic carbocycles. The highest BCUT2D eigenvalue weighted by molar-refractivity contribution is 5.61. The Morgan fingerprint density at radius 1 is 1.60 bits per heavy atom.